The van der Waals surface area contributed by atoms with Crippen LogP contribution >= 0.6 is 15.9 Å². The molecule has 4 nitrogen and oxygen atoms in total. The standard InChI is InChI=1S/C11H13BrO4/c1-15-11(14)8-3-2-4-10(5-8)16-7-9(13)6-12/h2-5,9,13H,6-7H2,1H3. The zero-order chi connectivity index (χ0) is 12.0. The first-order valence-corrected chi connectivity index (χ1v) is 5.84. The molecule has 1 unspecified atom stereocenters. The molecule has 88 valence electrons. The van der Waals surface area contributed by atoms with Gasteiger partial charge in [0.2, 0.25) is 0 Å². The van der Waals surface area contributed by atoms with Crippen molar-refractivity contribution in [3.8, 4) is 5.75 Å². The van der Waals surface area contributed by atoms with Gasteiger partial charge in [0.25, 0.3) is 0 Å². The van der Waals surface area contributed by atoms with Gasteiger partial charge in [0.05, 0.1) is 18.8 Å². The number of rotatable bonds is 5. The number of hydrogen-bond acceptors (Lipinski definition) is 4. The Bertz CT molecular complexity index is 354. The van der Waals surface area contributed by atoms with Crippen LogP contribution in [0, 0.1) is 0 Å². The maximum atomic E-state index is 11.2. The minimum atomic E-state index is -0.568. The zero-order valence-corrected chi connectivity index (χ0v) is 10.4. The summed E-state index contributed by atoms with van der Waals surface area (Å²) in [5.74, 6) is 0.120. The third kappa shape index (κ3) is 3.83. The number of ether oxygens (including phenoxy) is 2. The maximum Gasteiger partial charge on any atom is 0.337 e. The largest absolute Gasteiger partial charge is 0.491 e. The van der Waals surface area contributed by atoms with Gasteiger partial charge in [-0.25, -0.2) is 4.79 Å². The number of aliphatic hydroxyl groups excluding tert-OH is 1. The predicted octanol–water partition coefficient (Wildman–Crippen LogP) is 1.61. The van der Waals surface area contributed by atoms with E-state index in [0.717, 1.165) is 0 Å². The van der Waals surface area contributed by atoms with Crippen LogP contribution in [0.15, 0.2) is 24.3 Å². The van der Waals surface area contributed by atoms with E-state index >= 15 is 0 Å². The molecule has 0 spiro atoms. The lowest BCUT2D eigenvalue weighted by molar-refractivity contribution is 0.0600. The predicted molar refractivity (Wildman–Crippen MR) is 63.1 cm³/mol. The van der Waals surface area contributed by atoms with Gasteiger partial charge in [-0.05, 0) is 18.2 Å². The Morgan fingerprint density at radius 1 is 1.56 bits per heavy atom. The summed E-state index contributed by atoms with van der Waals surface area (Å²) >= 11 is 3.13. The molecule has 1 N–H and O–H groups in total. The lowest BCUT2D eigenvalue weighted by atomic mass is 10.2. The molecule has 1 atom stereocenters. The number of carbonyl (C=O) groups is 1. The summed E-state index contributed by atoms with van der Waals surface area (Å²) in [5, 5.41) is 9.73. The van der Waals surface area contributed by atoms with Crippen molar-refractivity contribution in [2.45, 2.75) is 6.10 Å². The normalized spacial score (nSPS) is 11.9. The van der Waals surface area contributed by atoms with E-state index in [2.05, 4.69) is 20.7 Å². The summed E-state index contributed by atoms with van der Waals surface area (Å²) in [5.41, 5.74) is 0.424. The van der Waals surface area contributed by atoms with Gasteiger partial charge in [-0.15, -0.1) is 0 Å². The summed E-state index contributed by atoms with van der Waals surface area (Å²) < 4.78 is 9.89. The van der Waals surface area contributed by atoms with E-state index in [1.165, 1.54) is 7.11 Å². The van der Waals surface area contributed by atoms with Crippen molar-refractivity contribution in [1.82, 2.24) is 0 Å². The second-order valence-electron chi connectivity index (χ2n) is 3.14. The summed E-state index contributed by atoms with van der Waals surface area (Å²) in [6.45, 7) is 0.176. The average molecular weight is 289 g/mol. The van der Waals surface area contributed by atoms with Gasteiger partial charge >= 0.3 is 5.97 Å². The lowest BCUT2D eigenvalue weighted by Crippen LogP contribution is -2.18. The fourth-order valence-electron chi connectivity index (χ4n) is 1.07. The molecule has 1 aromatic rings. The molecule has 0 aliphatic heterocycles. The van der Waals surface area contributed by atoms with E-state index in [1.54, 1.807) is 24.3 Å². The van der Waals surface area contributed by atoms with Crippen LogP contribution < -0.4 is 4.74 Å². The van der Waals surface area contributed by atoms with Crippen LogP contribution in [0.25, 0.3) is 0 Å². The van der Waals surface area contributed by atoms with Crippen LogP contribution in [0.2, 0.25) is 0 Å². The Kier molecular flexibility index (Phi) is 5.28. The average Bonchev–Trinajstić information content (AvgIpc) is 2.35. The van der Waals surface area contributed by atoms with Gasteiger partial charge in [0.1, 0.15) is 12.4 Å². The Morgan fingerprint density at radius 3 is 2.94 bits per heavy atom. The third-order valence-corrected chi connectivity index (χ3v) is 2.62. The second kappa shape index (κ2) is 6.50. The number of benzene rings is 1. The molecule has 1 rings (SSSR count). The highest BCUT2D eigenvalue weighted by atomic mass is 79.9. The Morgan fingerprint density at radius 2 is 2.31 bits per heavy atom. The minimum absolute atomic E-state index is 0.176. The maximum absolute atomic E-state index is 11.2. The molecule has 0 aromatic heterocycles. The van der Waals surface area contributed by atoms with Crippen LogP contribution in [-0.2, 0) is 4.74 Å². The molecular formula is C11H13BrO4. The van der Waals surface area contributed by atoms with Crippen molar-refractivity contribution in [2.75, 3.05) is 19.0 Å². The molecule has 0 heterocycles. The topological polar surface area (TPSA) is 55.8 Å². The number of esters is 1. The first-order valence-electron chi connectivity index (χ1n) is 4.72. The molecule has 0 saturated carbocycles. The Balaban J connectivity index is 2.64. The van der Waals surface area contributed by atoms with Crippen LogP contribution in [0.1, 0.15) is 10.4 Å². The fraction of sp³-hybridized carbons (Fsp3) is 0.364. The van der Waals surface area contributed by atoms with Crippen molar-refractivity contribution in [2.24, 2.45) is 0 Å². The lowest BCUT2D eigenvalue weighted by Gasteiger charge is -2.10. The van der Waals surface area contributed by atoms with Gasteiger partial charge in [-0.3, -0.25) is 0 Å². The summed E-state index contributed by atoms with van der Waals surface area (Å²) in [6, 6.07) is 6.63. The van der Waals surface area contributed by atoms with E-state index < -0.39 is 12.1 Å². The van der Waals surface area contributed by atoms with Gasteiger partial charge in [0, 0.05) is 5.33 Å². The molecule has 16 heavy (non-hydrogen) atoms. The van der Waals surface area contributed by atoms with Crippen molar-refractivity contribution in [1.29, 1.82) is 0 Å². The molecule has 0 bridgehead atoms. The molecule has 0 saturated heterocycles. The number of alkyl halides is 1. The van der Waals surface area contributed by atoms with E-state index in [4.69, 9.17) is 4.74 Å². The SMILES string of the molecule is COC(=O)c1cccc(OCC(O)CBr)c1. The van der Waals surface area contributed by atoms with Crippen LogP contribution in [0.3, 0.4) is 0 Å². The van der Waals surface area contributed by atoms with Crippen LogP contribution in [0.5, 0.6) is 5.75 Å². The van der Waals surface area contributed by atoms with Crippen molar-refractivity contribution >= 4 is 21.9 Å². The van der Waals surface area contributed by atoms with E-state index in [-0.39, 0.29) is 6.61 Å². The van der Waals surface area contributed by atoms with E-state index in [1.807, 2.05) is 0 Å². The highest BCUT2D eigenvalue weighted by Gasteiger charge is 2.07. The van der Waals surface area contributed by atoms with Gasteiger partial charge in [-0.2, -0.15) is 0 Å². The van der Waals surface area contributed by atoms with Crippen molar-refractivity contribution in [3.63, 3.8) is 0 Å². The summed E-state index contributed by atoms with van der Waals surface area (Å²) in [6.07, 6.45) is -0.568. The first kappa shape index (κ1) is 13.0. The number of aliphatic hydroxyl groups is 1. The number of carbonyl (C=O) groups excluding carboxylic acids is 1. The monoisotopic (exact) mass is 288 g/mol. The zero-order valence-electron chi connectivity index (χ0n) is 8.85. The van der Waals surface area contributed by atoms with Gasteiger partial charge in [-0.1, -0.05) is 22.0 Å². The molecule has 1 aromatic carbocycles. The molecular weight excluding hydrogens is 276 g/mol. The number of halogens is 1. The van der Waals surface area contributed by atoms with Crippen LogP contribution in [-0.4, -0.2) is 36.2 Å². The number of methoxy groups -OCH3 is 1. The highest BCUT2D eigenvalue weighted by Crippen LogP contribution is 2.14. The Labute approximate surface area is 102 Å². The summed E-state index contributed by atoms with van der Waals surface area (Å²) in [4.78, 5) is 11.2. The third-order valence-electron chi connectivity index (χ3n) is 1.88. The fourth-order valence-corrected chi connectivity index (χ4v) is 1.25. The molecule has 0 fully saturated rings. The van der Waals surface area contributed by atoms with Gasteiger partial charge < -0.3 is 14.6 Å². The molecule has 0 aliphatic rings. The Hall–Kier alpha value is -1.07. The number of hydrogen-bond donors (Lipinski definition) is 1. The molecule has 0 aliphatic carbocycles. The first-order chi connectivity index (χ1) is 7.67. The minimum Gasteiger partial charge on any atom is -0.491 e. The molecule has 5 heteroatoms. The van der Waals surface area contributed by atoms with E-state index in [0.29, 0.717) is 16.6 Å². The smallest absolute Gasteiger partial charge is 0.337 e. The van der Waals surface area contributed by atoms with E-state index in [9.17, 15) is 9.90 Å². The summed E-state index contributed by atoms with van der Waals surface area (Å²) in [7, 11) is 1.32. The van der Waals surface area contributed by atoms with Crippen molar-refractivity contribution in [3.05, 3.63) is 29.8 Å². The quantitative estimate of drug-likeness (QED) is 0.661. The highest BCUT2D eigenvalue weighted by molar-refractivity contribution is 9.09. The second-order valence-corrected chi connectivity index (χ2v) is 3.79. The van der Waals surface area contributed by atoms with Crippen molar-refractivity contribution < 1.29 is 19.4 Å². The molecule has 0 amide bonds. The van der Waals surface area contributed by atoms with Gasteiger partial charge in [0.15, 0.2) is 0 Å². The molecule has 0 radical (unpaired) electrons. The van der Waals surface area contributed by atoms with Crippen LogP contribution in [0.4, 0.5) is 0 Å².